The van der Waals surface area contributed by atoms with Crippen molar-refractivity contribution in [1.82, 2.24) is 19.5 Å². The number of para-hydroxylation sites is 2. The predicted molar refractivity (Wildman–Crippen MR) is 220 cm³/mol. The van der Waals surface area contributed by atoms with Crippen LogP contribution >= 0.6 is 0 Å². The lowest BCUT2D eigenvalue weighted by Crippen LogP contribution is -2.04. The van der Waals surface area contributed by atoms with Crippen LogP contribution in [0.1, 0.15) is 25.0 Å². The number of hydrogen-bond acceptors (Lipinski definition) is 3. The van der Waals surface area contributed by atoms with Gasteiger partial charge in [-0.25, -0.2) is 9.97 Å². The van der Waals surface area contributed by atoms with Crippen molar-refractivity contribution in [3.05, 3.63) is 181 Å². The van der Waals surface area contributed by atoms with Crippen LogP contribution in [0.5, 0.6) is 0 Å². The quantitative estimate of drug-likeness (QED) is 0.160. The molecule has 0 fully saturated rings. The maximum atomic E-state index is 5.39. The van der Waals surface area contributed by atoms with Crippen molar-refractivity contribution >= 4 is 21.8 Å². The highest BCUT2D eigenvalue weighted by Gasteiger charge is 2.20. The fourth-order valence-corrected chi connectivity index (χ4v) is 7.67. The number of aryl methyl sites for hydroxylation is 1. The first kappa shape index (κ1) is 32.3. The van der Waals surface area contributed by atoms with Gasteiger partial charge in [0.1, 0.15) is 0 Å². The summed E-state index contributed by atoms with van der Waals surface area (Å²) in [6.45, 7) is 4.42. The third kappa shape index (κ3) is 5.88. The van der Waals surface area contributed by atoms with Gasteiger partial charge in [-0.05, 0) is 84.1 Å². The van der Waals surface area contributed by atoms with Crippen molar-refractivity contribution in [1.29, 1.82) is 0 Å². The summed E-state index contributed by atoms with van der Waals surface area (Å²) in [5, 5.41) is 2.47. The molecule has 6 aromatic carbocycles. The molecule has 0 radical (unpaired) electrons. The van der Waals surface area contributed by atoms with E-state index in [4.69, 9.17) is 9.97 Å². The van der Waals surface area contributed by atoms with Gasteiger partial charge in [-0.15, -0.1) is 0 Å². The Balaban J connectivity index is 1.22. The van der Waals surface area contributed by atoms with Crippen LogP contribution in [-0.2, 0) is 12.8 Å². The van der Waals surface area contributed by atoms with Gasteiger partial charge in [0, 0.05) is 50.5 Å². The van der Waals surface area contributed by atoms with Crippen LogP contribution < -0.4 is 0 Å². The van der Waals surface area contributed by atoms with Crippen LogP contribution in [0.25, 0.3) is 83.8 Å². The highest BCUT2D eigenvalue weighted by atomic mass is 15.0. The van der Waals surface area contributed by atoms with Gasteiger partial charge in [0.2, 0.25) is 0 Å². The lowest BCUT2D eigenvalue weighted by molar-refractivity contribution is 1.05. The zero-order valence-electron chi connectivity index (χ0n) is 29.9. The lowest BCUT2D eigenvalue weighted by atomic mass is 9.93. The molecule has 0 aliphatic carbocycles. The maximum Gasteiger partial charge on any atom is 0.160 e. The van der Waals surface area contributed by atoms with E-state index in [0.717, 1.165) is 69.0 Å². The van der Waals surface area contributed by atoms with E-state index >= 15 is 0 Å². The summed E-state index contributed by atoms with van der Waals surface area (Å²) in [5.41, 5.74) is 15.4. The third-order valence-electron chi connectivity index (χ3n) is 10.3. The largest absolute Gasteiger partial charge is 0.309 e. The number of pyridine rings is 1. The Morgan fingerprint density at radius 2 is 1.15 bits per heavy atom. The Hall–Kier alpha value is -6.65. The van der Waals surface area contributed by atoms with Crippen molar-refractivity contribution in [3.8, 4) is 62.0 Å². The summed E-state index contributed by atoms with van der Waals surface area (Å²) < 4.78 is 2.36. The van der Waals surface area contributed by atoms with Crippen LogP contribution in [0, 0.1) is 0 Å². The van der Waals surface area contributed by atoms with Gasteiger partial charge in [0.05, 0.1) is 28.1 Å². The van der Waals surface area contributed by atoms with E-state index in [1.807, 2.05) is 24.4 Å². The maximum absolute atomic E-state index is 5.39. The van der Waals surface area contributed by atoms with Crippen LogP contribution in [0.3, 0.4) is 0 Å². The highest BCUT2D eigenvalue weighted by Crippen LogP contribution is 2.38. The standard InChI is InChI=1S/C49H38N4/c1-3-33-16-8-9-23-41(33)48-40(4-2)47(51-49(52-48)38-20-15-18-36(31-38)44-25-12-13-29-50-44)37-19-14-17-34(30-37)35-27-28-46-43(32-35)42-24-10-11-26-45(42)53(46)39-21-6-5-7-22-39/h5-32H,3-4H2,1-2H3. The van der Waals surface area contributed by atoms with Crippen molar-refractivity contribution in [2.45, 2.75) is 26.7 Å². The van der Waals surface area contributed by atoms with E-state index in [1.165, 1.54) is 32.9 Å². The van der Waals surface area contributed by atoms with Crippen molar-refractivity contribution < 1.29 is 0 Å². The van der Waals surface area contributed by atoms with Gasteiger partial charge in [-0.1, -0.05) is 123 Å². The van der Waals surface area contributed by atoms with Gasteiger partial charge in [0.15, 0.2) is 5.82 Å². The zero-order valence-corrected chi connectivity index (χ0v) is 29.9. The predicted octanol–water partition coefficient (Wildman–Crippen LogP) is 12.4. The van der Waals surface area contributed by atoms with Gasteiger partial charge in [-0.2, -0.15) is 0 Å². The van der Waals surface area contributed by atoms with Crippen molar-refractivity contribution in [3.63, 3.8) is 0 Å². The molecule has 3 aromatic heterocycles. The lowest BCUT2D eigenvalue weighted by Gasteiger charge is -2.18. The van der Waals surface area contributed by atoms with Gasteiger partial charge in [0.25, 0.3) is 0 Å². The van der Waals surface area contributed by atoms with E-state index in [1.54, 1.807) is 0 Å². The van der Waals surface area contributed by atoms with Crippen LogP contribution in [0.15, 0.2) is 170 Å². The fraction of sp³-hybridized carbons (Fsp3) is 0.0816. The van der Waals surface area contributed by atoms with Crippen LogP contribution in [0.2, 0.25) is 0 Å². The molecule has 0 aliphatic heterocycles. The molecule has 0 aliphatic rings. The number of hydrogen-bond donors (Lipinski definition) is 0. The van der Waals surface area contributed by atoms with E-state index in [-0.39, 0.29) is 0 Å². The average Bonchev–Trinajstić information content (AvgIpc) is 3.57. The second-order valence-electron chi connectivity index (χ2n) is 13.4. The number of aromatic nitrogens is 4. The Kier molecular flexibility index (Phi) is 8.41. The van der Waals surface area contributed by atoms with E-state index < -0.39 is 0 Å². The molecular formula is C49H38N4. The Bertz CT molecular complexity index is 2750. The average molecular weight is 683 g/mol. The molecule has 0 amide bonds. The summed E-state index contributed by atoms with van der Waals surface area (Å²) in [7, 11) is 0. The molecule has 4 heteroatoms. The minimum atomic E-state index is 0.705. The minimum Gasteiger partial charge on any atom is -0.309 e. The molecule has 0 N–H and O–H groups in total. The van der Waals surface area contributed by atoms with E-state index in [9.17, 15) is 0 Å². The van der Waals surface area contributed by atoms with Crippen LogP contribution in [0.4, 0.5) is 0 Å². The number of fused-ring (bicyclic) bond motifs is 3. The fourth-order valence-electron chi connectivity index (χ4n) is 7.67. The van der Waals surface area contributed by atoms with Crippen LogP contribution in [-0.4, -0.2) is 19.5 Å². The minimum absolute atomic E-state index is 0.705. The molecule has 53 heavy (non-hydrogen) atoms. The second-order valence-corrected chi connectivity index (χ2v) is 13.4. The molecule has 3 heterocycles. The molecule has 0 spiro atoms. The molecule has 0 atom stereocenters. The number of benzene rings is 6. The molecule has 0 unspecified atom stereocenters. The summed E-state index contributed by atoms with van der Waals surface area (Å²) in [6, 6.07) is 58.1. The summed E-state index contributed by atoms with van der Waals surface area (Å²) in [5.74, 6) is 0.705. The normalized spacial score (nSPS) is 11.4. The first-order valence-corrected chi connectivity index (χ1v) is 18.4. The molecule has 0 bridgehead atoms. The summed E-state index contributed by atoms with van der Waals surface area (Å²) in [6.07, 6.45) is 3.55. The number of rotatable bonds is 8. The Labute approximate surface area is 310 Å². The Morgan fingerprint density at radius 3 is 1.98 bits per heavy atom. The smallest absolute Gasteiger partial charge is 0.160 e. The van der Waals surface area contributed by atoms with Gasteiger partial charge >= 0.3 is 0 Å². The molecule has 0 saturated heterocycles. The second kappa shape index (κ2) is 13.8. The molecule has 9 rings (SSSR count). The first-order chi connectivity index (χ1) is 26.2. The third-order valence-corrected chi connectivity index (χ3v) is 10.3. The van der Waals surface area contributed by atoms with E-state index in [0.29, 0.717) is 5.82 Å². The topological polar surface area (TPSA) is 43.6 Å². The number of nitrogens with zero attached hydrogens (tertiary/aromatic N) is 4. The highest BCUT2D eigenvalue weighted by molar-refractivity contribution is 6.10. The molecule has 254 valence electrons. The molecule has 4 nitrogen and oxygen atoms in total. The summed E-state index contributed by atoms with van der Waals surface area (Å²) in [4.78, 5) is 15.4. The first-order valence-electron chi connectivity index (χ1n) is 18.4. The zero-order chi connectivity index (χ0) is 35.7. The Morgan fingerprint density at radius 1 is 0.472 bits per heavy atom. The molecule has 9 aromatic rings. The SMILES string of the molecule is CCc1ccccc1-c1nc(-c2cccc(-c3ccccn3)c2)nc(-c2cccc(-c3ccc4c(c3)c3ccccc3n4-c3ccccc3)c2)c1CC. The van der Waals surface area contributed by atoms with Gasteiger partial charge in [-0.3, -0.25) is 4.98 Å². The molecule has 0 saturated carbocycles. The van der Waals surface area contributed by atoms with Crippen molar-refractivity contribution in [2.75, 3.05) is 0 Å². The molecular weight excluding hydrogens is 645 g/mol. The monoisotopic (exact) mass is 682 g/mol. The van der Waals surface area contributed by atoms with E-state index in [2.05, 4.69) is 169 Å². The van der Waals surface area contributed by atoms with Gasteiger partial charge < -0.3 is 4.57 Å². The summed E-state index contributed by atoms with van der Waals surface area (Å²) >= 11 is 0. The van der Waals surface area contributed by atoms with Crippen molar-refractivity contribution in [2.24, 2.45) is 0 Å².